The van der Waals surface area contributed by atoms with Gasteiger partial charge in [0.05, 0.1) is 7.11 Å². The first kappa shape index (κ1) is 12.8. The molecule has 0 amide bonds. The van der Waals surface area contributed by atoms with Gasteiger partial charge in [0.2, 0.25) is 0 Å². The minimum absolute atomic E-state index is 0.0933. The van der Waals surface area contributed by atoms with Crippen LogP contribution in [0.3, 0.4) is 0 Å². The lowest BCUT2D eigenvalue weighted by molar-refractivity contribution is -0.147. The highest BCUT2D eigenvalue weighted by Crippen LogP contribution is 2.25. The van der Waals surface area contributed by atoms with E-state index in [-0.39, 0.29) is 12.0 Å². The molecule has 2 saturated heterocycles. The number of esters is 1. The van der Waals surface area contributed by atoms with E-state index in [9.17, 15) is 4.79 Å². The number of rotatable bonds is 3. The van der Waals surface area contributed by atoms with Crippen molar-refractivity contribution in [3.8, 4) is 0 Å². The smallest absolute Gasteiger partial charge is 0.322 e. The molecule has 4 nitrogen and oxygen atoms in total. The summed E-state index contributed by atoms with van der Waals surface area (Å²) >= 11 is 0. The van der Waals surface area contributed by atoms with Crippen LogP contribution in [-0.4, -0.2) is 49.7 Å². The molecule has 3 atom stereocenters. The first-order chi connectivity index (χ1) is 8.22. The second kappa shape index (κ2) is 5.83. The van der Waals surface area contributed by atoms with Gasteiger partial charge < -0.3 is 10.1 Å². The summed E-state index contributed by atoms with van der Waals surface area (Å²) in [5, 5.41) is 3.59. The summed E-state index contributed by atoms with van der Waals surface area (Å²) in [6.45, 7) is 5.18. The third kappa shape index (κ3) is 2.99. The van der Waals surface area contributed by atoms with E-state index < -0.39 is 0 Å². The third-order valence-electron chi connectivity index (χ3n) is 4.25. The zero-order valence-electron chi connectivity index (χ0n) is 10.9. The van der Waals surface area contributed by atoms with Crippen LogP contribution in [0.2, 0.25) is 0 Å². The molecule has 0 radical (unpaired) electrons. The number of carbonyl (C=O) groups excluding carboxylic acids is 1. The molecule has 0 aliphatic carbocycles. The van der Waals surface area contributed by atoms with Crippen molar-refractivity contribution in [1.82, 2.24) is 10.2 Å². The first-order valence-corrected chi connectivity index (χ1v) is 6.77. The summed E-state index contributed by atoms with van der Waals surface area (Å²) < 4.78 is 4.83. The van der Waals surface area contributed by atoms with Gasteiger partial charge >= 0.3 is 5.97 Å². The quantitative estimate of drug-likeness (QED) is 0.748. The first-order valence-electron chi connectivity index (χ1n) is 6.77. The molecule has 0 spiro atoms. The molecular weight excluding hydrogens is 216 g/mol. The van der Waals surface area contributed by atoms with Crippen molar-refractivity contribution in [2.75, 3.05) is 26.7 Å². The lowest BCUT2D eigenvalue weighted by Gasteiger charge is -2.38. The summed E-state index contributed by atoms with van der Waals surface area (Å²) in [6, 6.07) is 0.576. The van der Waals surface area contributed by atoms with Gasteiger partial charge in [-0.25, -0.2) is 0 Å². The molecule has 2 fully saturated rings. The van der Waals surface area contributed by atoms with Crippen molar-refractivity contribution in [2.45, 2.75) is 44.7 Å². The van der Waals surface area contributed by atoms with E-state index in [1.807, 2.05) is 6.92 Å². The fraction of sp³-hybridized carbons (Fsp3) is 0.923. The minimum atomic E-state index is -0.106. The Morgan fingerprint density at radius 2 is 2.24 bits per heavy atom. The molecule has 0 saturated carbocycles. The lowest BCUT2D eigenvalue weighted by Crippen LogP contribution is -2.49. The fourth-order valence-corrected chi connectivity index (χ4v) is 3.15. The van der Waals surface area contributed by atoms with Gasteiger partial charge in [-0.1, -0.05) is 0 Å². The van der Waals surface area contributed by atoms with Crippen molar-refractivity contribution >= 4 is 5.97 Å². The van der Waals surface area contributed by atoms with Gasteiger partial charge in [-0.2, -0.15) is 0 Å². The summed E-state index contributed by atoms with van der Waals surface area (Å²) in [5.74, 6) is 0.600. The zero-order chi connectivity index (χ0) is 12.3. The van der Waals surface area contributed by atoms with Crippen molar-refractivity contribution < 1.29 is 9.53 Å². The predicted octanol–water partition coefficient (Wildman–Crippen LogP) is 1.01. The number of piperidine rings is 1. The van der Waals surface area contributed by atoms with Crippen LogP contribution in [0.25, 0.3) is 0 Å². The fourth-order valence-electron chi connectivity index (χ4n) is 3.15. The summed E-state index contributed by atoms with van der Waals surface area (Å²) in [4.78, 5) is 13.8. The molecular formula is C13H24N2O2. The molecule has 4 heteroatoms. The second-order valence-corrected chi connectivity index (χ2v) is 5.30. The van der Waals surface area contributed by atoms with E-state index in [0.717, 1.165) is 19.6 Å². The number of carbonyl (C=O) groups is 1. The van der Waals surface area contributed by atoms with Gasteiger partial charge in [-0.15, -0.1) is 0 Å². The average Bonchev–Trinajstić information content (AvgIpc) is 2.91. The van der Waals surface area contributed by atoms with Crippen molar-refractivity contribution in [1.29, 1.82) is 0 Å². The Bertz CT molecular complexity index is 264. The van der Waals surface area contributed by atoms with Crippen LogP contribution in [0.1, 0.15) is 32.6 Å². The lowest BCUT2D eigenvalue weighted by atomic mass is 9.89. The Morgan fingerprint density at radius 1 is 1.41 bits per heavy atom. The van der Waals surface area contributed by atoms with Gasteiger partial charge in [0, 0.05) is 12.6 Å². The molecule has 17 heavy (non-hydrogen) atoms. The van der Waals surface area contributed by atoms with E-state index in [2.05, 4.69) is 10.2 Å². The third-order valence-corrected chi connectivity index (χ3v) is 4.25. The number of nitrogens with one attached hydrogen (secondary N) is 1. The number of methoxy groups -OCH3 is 1. The molecule has 2 heterocycles. The van der Waals surface area contributed by atoms with Gasteiger partial charge in [0.15, 0.2) is 0 Å². The molecule has 2 aliphatic heterocycles. The van der Waals surface area contributed by atoms with Crippen molar-refractivity contribution in [2.24, 2.45) is 5.92 Å². The Balaban J connectivity index is 1.89. The van der Waals surface area contributed by atoms with Crippen LogP contribution in [-0.2, 0) is 9.53 Å². The van der Waals surface area contributed by atoms with E-state index in [0.29, 0.717) is 12.0 Å². The predicted molar refractivity (Wildman–Crippen MR) is 66.8 cm³/mol. The Morgan fingerprint density at radius 3 is 2.88 bits per heavy atom. The number of ether oxygens (including phenoxy) is 1. The van der Waals surface area contributed by atoms with E-state index in [1.165, 1.54) is 32.8 Å². The highest BCUT2D eigenvalue weighted by atomic mass is 16.5. The molecule has 0 aromatic rings. The van der Waals surface area contributed by atoms with Crippen LogP contribution in [0, 0.1) is 5.92 Å². The monoisotopic (exact) mass is 240 g/mol. The van der Waals surface area contributed by atoms with Crippen LogP contribution >= 0.6 is 0 Å². The zero-order valence-corrected chi connectivity index (χ0v) is 10.9. The largest absolute Gasteiger partial charge is 0.468 e. The Kier molecular flexibility index (Phi) is 4.40. The molecule has 3 unspecified atom stereocenters. The van der Waals surface area contributed by atoms with Gasteiger partial charge in [0.25, 0.3) is 0 Å². The van der Waals surface area contributed by atoms with Crippen molar-refractivity contribution in [3.05, 3.63) is 0 Å². The highest BCUT2D eigenvalue weighted by molar-refractivity contribution is 5.75. The maximum absolute atomic E-state index is 11.6. The summed E-state index contributed by atoms with van der Waals surface area (Å²) in [6.07, 6.45) is 5.09. The van der Waals surface area contributed by atoms with Gasteiger partial charge in [-0.3, -0.25) is 9.69 Å². The molecule has 0 aromatic carbocycles. The van der Waals surface area contributed by atoms with Crippen LogP contribution < -0.4 is 5.32 Å². The van der Waals surface area contributed by atoms with E-state index in [1.54, 1.807) is 0 Å². The normalized spacial score (nSPS) is 32.4. The Hall–Kier alpha value is -0.610. The van der Waals surface area contributed by atoms with E-state index in [4.69, 9.17) is 4.74 Å². The summed E-state index contributed by atoms with van der Waals surface area (Å²) in [5.41, 5.74) is 0. The number of hydrogen-bond acceptors (Lipinski definition) is 4. The molecule has 1 N–H and O–H groups in total. The minimum Gasteiger partial charge on any atom is -0.468 e. The highest BCUT2D eigenvalue weighted by Gasteiger charge is 2.32. The van der Waals surface area contributed by atoms with Gasteiger partial charge in [-0.05, 0) is 51.6 Å². The maximum atomic E-state index is 11.6. The molecule has 0 bridgehead atoms. The molecule has 98 valence electrons. The van der Waals surface area contributed by atoms with Crippen LogP contribution in [0.4, 0.5) is 0 Å². The van der Waals surface area contributed by atoms with Gasteiger partial charge in [0.1, 0.15) is 6.04 Å². The summed E-state index contributed by atoms with van der Waals surface area (Å²) in [7, 11) is 1.47. The molecule has 2 aliphatic rings. The maximum Gasteiger partial charge on any atom is 0.322 e. The van der Waals surface area contributed by atoms with Crippen LogP contribution in [0.15, 0.2) is 0 Å². The SMILES string of the molecule is COC(=O)C(C)N1CCCC(C2CCCN2)C1. The number of likely N-dealkylation sites (tertiary alicyclic amines) is 1. The number of hydrogen-bond donors (Lipinski definition) is 1. The molecule has 2 rings (SSSR count). The standard InChI is InChI=1S/C13H24N2O2/c1-10(13(16)17-2)15-8-4-5-11(9-15)12-6-3-7-14-12/h10-12,14H,3-9H2,1-2H3. The molecule has 0 aromatic heterocycles. The Labute approximate surface area is 104 Å². The topological polar surface area (TPSA) is 41.6 Å². The van der Waals surface area contributed by atoms with Crippen LogP contribution in [0.5, 0.6) is 0 Å². The van der Waals surface area contributed by atoms with E-state index >= 15 is 0 Å². The van der Waals surface area contributed by atoms with Crippen molar-refractivity contribution in [3.63, 3.8) is 0 Å². The second-order valence-electron chi connectivity index (χ2n) is 5.30. The number of nitrogens with zero attached hydrogens (tertiary/aromatic N) is 1. The average molecular weight is 240 g/mol.